The molecule has 1 atom stereocenters. The fourth-order valence-corrected chi connectivity index (χ4v) is 4.78. The van der Waals surface area contributed by atoms with Crippen LogP contribution in [0.25, 0.3) is 10.9 Å². The van der Waals surface area contributed by atoms with Crippen molar-refractivity contribution < 1.29 is 4.74 Å². The number of pyridine rings is 1. The number of rotatable bonds is 6. The maximum Gasteiger partial charge on any atom is 0.253 e. The van der Waals surface area contributed by atoms with Crippen LogP contribution in [-0.4, -0.2) is 34.3 Å². The number of benzene rings is 1. The van der Waals surface area contributed by atoms with E-state index in [1.54, 1.807) is 11.3 Å². The van der Waals surface area contributed by atoms with Gasteiger partial charge in [0.05, 0.1) is 24.7 Å². The lowest BCUT2D eigenvalue weighted by Gasteiger charge is -2.26. The Balaban J connectivity index is 1.59. The normalized spacial score (nSPS) is 16.1. The number of nitrogens with zero attached hydrogens (tertiary/aromatic N) is 1. The molecule has 1 aliphatic rings. The number of thiocarbonyl (C=S) groups is 1. The van der Waals surface area contributed by atoms with Crippen molar-refractivity contribution in [2.24, 2.45) is 0 Å². The highest BCUT2D eigenvalue weighted by Gasteiger charge is 2.19. The summed E-state index contributed by atoms with van der Waals surface area (Å²) in [5, 5.41) is 7.15. The number of hydrogen-bond donors (Lipinski definition) is 2. The van der Waals surface area contributed by atoms with Gasteiger partial charge in [-0.1, -0.05) is 18.2 Å². The van der Waals surface area contributed by atoms with Gasteiger partial charge in [-0.2, -0.15) is 0 Å². The van der Waals surface area contributed by atoms with E-state index in [1.807, 2.05) is 25.1 Å². The molecule has 158 valence electrons. The zero-order valence-corrected chi connectivity index (χ0v) is 19.0. The van der Waals surface area contributed by atoms with Crippen LogP contribution in [0.15, 0.2) is 40.5 Å². The molecule has 0 spiro atoms. The first kappa shape index (κ1) is 21.0. The minimum absolute atomic E-state index is 0.0608. The smallest absolute Gasteiger partial charge is 0.253 e. The number of ether oxygens (including phenoxy) is 1. The molecule has 0 radical (unpaired) electrons. The fourth-order valence-electron chi connectivity index (χ4n) is 3.85. The molecule has 1 unspecified atom stereocenters. The molecule has 3 heterocycles. The van der Waals surface area contributed by atoms with Crippen molar-refractivity contribution in [3.63, 3.8) is 0 Å². The van der Waals surface area contributed by atoms with Crippen LogP contribution in [0, 0.1) is 13.8 Å². The van der Waals surface area contributed by atoms with Gasteiger partial charge in [-0.3, -0.25) is 4.79 Å². The van der Waals surface area contributed by atoms with E-state index in [-0.39, 0.29) is 11.7 Å². The quantitative estimate of drug-likeness (QED) is 0.560. The summed E-state index contributed by atoms with van der Waals surface area (Å²) in [7, 11) is 0. The van der Waals surface area contributed by atoms with E-state index in [9.17, 15) is 4.79 Å². The summed E-state index contributed by atoms with van der Waals surface area (Å²) in [5.74, 6) is 0. The summed E-state index contributed by atoms with van der Waals surface area (Å²) in [6, 6.07) is 10.3. The van der Waals surface area contributed by atoms with Crippen LogP contribution in [0.1, 0.15) is 34.4 Å². The third kappa shape index (κ3) is 4.74. The summed E-state index contributed by atoms with van der Waals surface area (Å²) in [4.78, 5) is 19.2. The first-order chi connectivity index (χ1) is 14.5. The Kier molecular flexibility index (Phi) is 6.51. The summed E-state index contributed by atoms with van der Waals surface area (Å²) < 4.78 is 5.71. The van der Waals surface area contributed by atoms with Crippen molar-refractivity contribution in [3.8, 4) is 0 Å². The van der Waals surface area contributed by atoms with Gasteiger partial charge in [0.25, 0.3) is 5.56 Å². The summed E-state index contributed by atoms with van der Waals surface area (Å²) >= 11 is 7.41. The summed E-state index contributed by atoms with van der Waals surface area (Å²) in [6.07, 6.45) is 2.37. The van der Waals surface area contributed by atoms with E-state index in [0.717, 1.165) is 41.5 Å². The molecule has 0 aliphatic carbocycles. The third-order valence-corrected chi connectivity index (χ3v) is 6.86. The van der Waals surface area contributed by atoms with Crippen LogP contribution in [0.2, 0.25) is 0 Å². The first-order valence-electron chi connectivity index (χ1n) is 10.3. The van der Waals surface area contributed by atoms with Crippen LogP contribution in [0.3, 0.4) is 0 Å². The molecule has 1 saturated heterocycles. The number of fused-ring (bicyclic) bond motifs is 1. The molecular formula is C23H27N3O2S2. The molecule has 0 amide bonds. The van der Waals surface area contributed by atoms with Gasteiger partial charge in [-0.25, -0.2) is 0 Å². The Morgan fingerprint density at radius 1 is 1.30 bits per heavy atom. The monoisotopic (exact) mass is 441 g/mol. The first-order valence-corrected chi connectivity index (χ1v) is 11.6. The summed E-state index contributed by atoms with van der Waals surface area (Å²) in [6.45, 7) is 6.73. The standard InChI is InChI=1S/C23H27N3O2S2/c1-15-7-8-16(2)21-20(15)11-17(22(27)25-21)13-26(14-19-6-4-10-30-19)23(29)24-12-18-5-3-9-28-18/h4,6-8,10-11,18H,3,5,9,12-14H2,1-2H3,(H,24,29)(H,25,27). The van der Waals surface area contributed by atoms with Crippen LogP contribution in [-0.2, 0) is 17.8 Å². The number of thiophene rings is 1. The second-order valence-electron chi connectivity index (χ2n) is 7.87. The largest absolute Gasteiger partial charge is 0.376 e. The number of nitrogens with one attached hydrogen (secondary N) is 2. The SMILES string of the molecule is Cc1ccc(C)c2[nH]c(=O)c(CN(Cc3cccs3)C(=S)NCC3CCCO3)cc12. The van der Waals surface area contributed by atoms with Crippen molar-refractivity contribution in [3.05, 3.63) is 67.6 Å². The molecular weight excluding hydrogens is 414 g/mol. The van der Waals surface area contributed by atoms with Crippen LogP contribution in [0.5, 0.6) is 0 Å². The van der Waals surface area contributed by atoms with Crippen molar-refractivity contribution >= 4 is 39.6 Å². The Labute approximate surface area is 186 Å². The van der Waals surface area contributed by atoms with E-state index in [4.69, 9.17) is 17.0 Å². The third-order valence-electron chi connectivity index (χ3n) is 5.60. The van der Waals surface area contributed by atoms with Gasteiger partial charge in [0.2, 0.25) is 0 Å². The van der Waals surface area contributed by atoms with Crippen molar-refractivity contribution in [1.29, 1.82) is 0 Å². The zero-order chi connectivity index (χ0) is 21.1. The van der Waals surface area contributed by atoms with Gasteiger partial charge in [0, 0.05) is 29.0 Å². The maximum absolute atomic E-state index is 12.9. The highest BCUT2D eigenvalue weighted by Crippen LogP contribution is 2.21. The van der Waals surface area contributed by atoms with Gasteiger partial charge in [-0.15, -0.1) is 11.3 Å². The van der Waals surface area contributed by atoms with Crippen LogP contribution < -0.4 is 10.9 Å². The molecule has 1 aliphatic heterocycles. The molecule has 3 aromatic rings. The van der Waals surface area contributed by atoms with Crippen molar-refractivity contribution in [1.82, 2.24) is 15.2 Å². The Hall–Kier alpha value is -2.22. The molecule has 2 aromatic heterocycles. The summed E-state index contributed by atoms with van der Waals surface area (Å²) in [5.41, 5.74) is 3.79. The maximum atomic E-state index is 12.9. The van der Waals surface area contributed by atoms with E-state index >= 15 is 0 Å². The Morgan fingerprint density at radius 3 is 2.87 bits per heavy atom. The number of H-pyrrole nitrogens is 1. The Bertz CT molecular complexity index is 1090. The number of aromatic nitrogens is 1. The van der Waals surface area contributed by atoms with Crippen molar-refractivity contribution in [2.75, 3.05) is 13.2 Å². The molecule has 4 rings (SSSR count). The molecule has 5 nitrogen and oxygen atoms in total. The second-order valence-corrected chi connectivity index (χ2v) is 9.29. The van der Waals surface area contributed by atoms with Gasteiger partial charge < -0.3 is 19.9 Å². The van der Waals surface area contributed by atoms with E-state index < -0.39 is 0 Å². The molecule has 1 aromatic carbocycles. The van der Waals surface area contributed by atoms with Crippen LogP contribution >= 0.6 is 23.6 Å². The minimum Gasteiger partial charge on any atom is -0.376 e. The molecule has 1 fully saturated rings. The molecule has 30 heavy (non-hydrogen) atoms. The van der Waals surface area contributed by atoms with Gasteiger partial charge >= 0.3 is 0 Å². The molecule has 0 saturated carbocycles. The molecule has 2 N–H and O–H groups in total. The van der Waals surface area contributed by atoms with Crippen molar-refractivity contribution in [2.45, 2.75) is 45.9 Å². The number of aryl methyl sites for hydroxylation is 2. The lowest BCUT2D eigenvalue weighted by molar-refractivity contribution is 0.113. The predicted molar refractivity (Wildman–Crippen MR) is 127 cm³/mol. The molecule has 7 heteroatoms. The van der Waals surface area contributed by atoms with Gasteiger partial charge in [-0.05, 0) is 67.5 Å². The predicted octanol–water partition coefficient (Wildman–Crippen LogP) is 4.26. The van der Waals surface area contributed by atoms with Crippen LogP contribution in [0.4, 0.5) is 0 Å². The lowest BCUT2D eigenvalue weighted by Crippen LogP contribution is -2.42. The molecule has 0 bridgehead atoms. The highest BCUT2D eigenvalue weighted by atomic mass is 32.1. The fraction of sp³-hybridized carbons (Fsp3) is 0.391. The average molecular weight is 442 g/mol. The van der Waals surface area contributed by atoms with Gasteiger partial charge in [0.15, 0.2) is 5.11 Å². The van der Waals surface area contributed by atoms with E-state index in [0.29, 0.717) is 30.3 Å². The second kappa shape index (κ2) is 9.29. The topological polar surface area (TPSA) is 57.4 Å². The average Bonchev–Trinajstić information content (AvgIpc) is 3.43. The highest BCUT2D eigenvalue weighted by molar-refractivity contribution is 7.80. The Morgan fingerprint density at radius 2 is 2.13 bits per heavy atom. The van der Waals surface area contributed by atoms with E-state index in [2.05, 4.69) is 39.6 Å². The minimum atomic E-state index is -0.0608. The van der Waals surface area contributed by atoms with Gasteiger partial charge in [0.1, 0.15) is 0 Å². The zero-order valence-electron chi connectivity index (χ0n) is 17.4. The number of hydrogen-bond acceptors (Lipinski definition) is 4. The number of aromatic amines is 1. The van der Waals surface area contributed by atoms with E-state index in [1.165, 1.54) is 4.88 Å². The lowest BCUT2D eigenvalue weighted by atomic mass is 10.0.